The Kier molecular flexibility index (Phi) is 2.44. The molecule has 0 amide bonds. The van der Waals surface area contributed by atoms with Crippen LogP contribution in [0.4, 0.5) is 0 Å². The number of hydrogen-bond acceptors (Lipinski definition) is 4. The third kappa shape index (κ3) is 1.69. The van der Waals surface area contributed by atoms with Gasteiger partial charge in [0.15, 0.2) is 11.5 Å². The Morgan fingerprint density at radius 2 is 1.78 bits per heavy atom. The van der Waals surface area contributed by atoms with Crippen LogP contribution in [0.25, 0.3) is 0 Å². The van der Waals surface area contributed by atoms with Crippen molar-refractivity contribution in [2.45, 2.75) is 12.2 Å². The zero-order chi connectivity index (χ0) is 12.5. The minimum absolute atomic E-state index is 0.424. The van der Waals surface area contributed by atoms with Crippen LogP contribution < -0.4 is 9.47 Å². The van der Waals surface area contributed by atoms with E-state index in [1.54, 1.807) is 36.4 Å². The van der Waals surface area contributed by atoms with E-state index in [9.17, 15) is 9.90 Å². The number of carboxylic acid groups (broad SMARTS) is 1. The first kappa shape index (κ1) is 10.7. The summed E-state index contributed by atoms with van der Waals surface area (Å²) in [5, 5.41) is 9.19. The average Bonchev–Trinajstić information content (AvgIpc) is 2.91. The molecule has 1 N–H and O–H groups in total. The van der Waals surface area contributed by atoms with Crippen molar-refractivity contribution >= 4 is 5.97 Å². The van der Waals surface area contributed by atoms with E-state index in [1.165, 1.54) is 6.26 Å². The maximum atomic E-state index is 11.2. The molecule has 1 aliphatic rings. The Morgan fingerprint density at radius 3 is 2.39 bits per heavy atom. The van der Waals surface area contributed by atoms with Gasteiger partial charge < -0.3 is 19.0 Å². The number of hydrogen-bond donors (Lipinski definition) is 1. The first-order valence-corrected chi connectivity index (χ1v) is 5.44. The minimum Gasteiger partial charge on any atom is -0.478 e. The summed E-state index contributed by atoms with van der Waals surface area (Å²) in [6.07, 6.45) is -0.434. The predicted molar refractivity (Wildman–Crippen MR) is 60.6 cm³/mol. The van der Waals surface area contributed by atoms with Gasteiger partial charge in [-0.3, -0.25) is 0 Å². The number of para-hydroxylation sites is 2. The predicted octanol–water partition coefficient (Wildman–Crippen LogP) is 2.25. The largest absolute Gasteiger partial charge is 0.478 e. The summed E-state index contributed by atoms with van der Waals surface area (Å²) in [6.45, 7) is 0. The summed E-state index contributed by atoms with van der Waals surface area (Å²) < 4.78 is 16.3. The van der Waals surface area contributed by atoms with Gasteiger partial charge in [-0.25, -0.2) is 4.79 Å². The zero-order valence-electron chi connectivity index (χ0n) is 9.28. The fourth-order valence-corrected chi connectivity index (χ4v) is 1.88. The highest BCUT2D eigenvalue weighted by molar-refractivity contribution is 5.74. The SMILES string of the molecule is O=C(O)C1Oc2ccccc2OC1c1ccco1. The molecule has 2 atom stereocenters. The Labute approximate surface area is 103 Å². The Balaban J connectivity index is 2.01. The number of carboxylic acids is 1. The molecule has 3 rings (SSSR count). The molecule has 0 aliphatic carbocycles. The third-order valence-corrected chi connectivity index (χ3v) is 2.70. The number of benzene rings is 1. The van der Waals surface area contributed by atoms with Gasteiger partial charge in [-0.1, -0.05) is 12.1 Å². The summed E-state index contributed by atoms with van der Waals surface area (Å²) in [4.78, 5) is 11.2. The topological polar surface area (TPSA) is 68.9 Å². The van der Waals surface area contributed by atoms with Crippen molar-refractivity contribution < 1.29 is 23.8 Å². The van der Waals surface area contributed by atoms with E-state index < -0.39 is 18.2 Å². The van der Waals surface area contributed by atoms with Gasteiger partial charge in [0.25, 0.3) is 0 Å². The van der Waals surface area contributed by atoms with Crippen LogP contribution in [0.1, 0.15) is 11.9 Å². The van der Waals surface area contributed by atoms with Crippen molar-refractivity contribution in [1.82, 2.24) is 0 Å². The summed E-state index contributed by atoms with van der Waals surface area (Å²) in [5.74, 6) is 0.270. The molecule has 2 unspecified atom stereocenters. The molecule has 1 aliphatic heterocycles. The molecule has 2 heterocycles. The number of fused-ring (bicyclic) bond motifs is 1. The van der Waals surface area contributed by atoms with Crippen LogP contribution in [0.2, 0.25) is 0 Å². The van der Waals surface area contributed by atoms with Crippen molar-refractivity contribution in [3.63, 3.8) is 0 Å². The van der Waals surface area contributed by atoms with Crippen LogP contribution in [0, 0.1) is 0 Å². The van der Waals surface area contributed by atoms with E-state index >= 15 is 0 Å². The zero-order valence-corrected chi connectivity index (χ0v) is 9.28. The van der Waals surface area contributed by atoms with Crippen LogP contribution in [-0.2, 0) is 4.79 Å². The molecular formula is C13H10O5. The number of carbonyl (C=O) groups is 1. The molecule has 0 saturated carbocycles. The van der Waals surface area contributed by atoms with Crippen LogP contribution in [-0.4, -0.2) is 17.2 Å². The number of rotatable bonds is 2. The molecule has 0 bridgehead atoms. The number of ether oxygens (including phenoxy) is 2. The van der Waals surface area contributed by atoms with Crippen molar-refractivity contribution in [3.05, 3.63) is 48.4 Å². The van der Waals surface area contributed by atoms with E-state index in [-0.39, 0.29) is 0 Å². The van der Waals surface area contributed by atoms with Gasteiger partial charge in [-0.15, -0.1) is 0 Å². The molecule has 1 aromatic heterocycles. The number of aliphatic carboxylic acids is 1. The molecule has 18 heavy (non-hydrogen) atoms. The van der Waals surface area contributed by atoms with Gasteiger partial charge in [-0.2, -0.15) is 0 Å². The highest BCUT2D eigenvalue weighted by Crippen LogP contribution is 2.39. The molecular weight excluding hydrogens is 236 g/mol. The van der Waals surface area contributed by atoms with Gasteiger partial charge in [0, 0.05) is 0 Å². The van der Waals surface area contributed by atoms with Gasteiger partial charge in [0.1, 0.15) is 5.76 Å². The molecule has 2 aromatic rings. The molecule has 5 heteroatoms. The second-order valence-electron chi connectivity index (χ2n) is 3.88. The summed E-state index contributed by atoms with van der Waals surface area (Å²) >= 11 is 0. The smallest absolute Gasteiger partial charge is 0.349 e. The van der Waals surface area contributed by atoms with Gasteiger partial charge in [0.2, 0.25) is 12.2 Å². The van der Waals surface area contributed by atoms with E-state index in [4.69, 9.17) is 13.9 Å². The van der Waals surface area contributed by atoms with E-state index in [2.05, 4.69) is 0 Å². The fraction of sp³-hybridized carbons (Fsp3) is 0.154. The second-order valence-corrected chi connectivity index (χ2v) is 3.88. The van der Waals surface area contributed by atoms with Gasteiger partial charge >= 0.3 is 5.97 Å². The molecule has 0 spiro atoms. The monoisotopic (exact) mass is 246 g/mol. The van der Waals surface area contributed by atoms with E-state index in [1.807, 2.05) is 0 Å². The second kappa shape index (κ2) is 4.10. The minimum atomic E-state index is -1.12. The first-order valence-electron chi connectivity index (χ1n) is 5.44. The van der Waals surface area contributed by atoms with Gasteiger partial charge in [0.05, 0.1) is 6.26 Å². The molecule has 0 fully saturated rings. The standard InChI is InChI=1S/C13H10O5/c14-13(15)12-11(10-6-3-7-16-10)17-8-4-1-2-5-9(8)18-12/h1-7,11-12H,(H,14,15). The first-order chi connectivity index (χ1) is 8.75. The van der Waals surface area contributed by atoms with Crippen molar-refractivity contribution in [2.75, 3.05) is 0 Å². The van der Waals surface area contributed by atoms with Crippen LogP contribution in [0.5, 0.6) is 11.5 Å². The van der Waals surface area contributed by atoms with Crippen LogP contribution in [0.15, 0.2) is 47.1 Å². The van der Waals surface area contributed by atoms with Crippen molar-refractivity contribution in [2.24, 2.45) is 0 Å². The Bertz CT molecular complexity index is 561. The maximum absolute atomic E-state index is 11.2. The Morgan fingerprint density at radius 1 is 1.06 bits per heavy atom. The lowest BCUT2D eigenvalue weighted by Crippen LogP contribution is -2.39. The number of furan rings is 1. The highest BCUT2D eigenvalue weighted by Gasteiger charge is 2.39. The summed E-state index contributed by atoms with van der Waals surface area (Å²) in [5.41, 5.74) is 0. The molecule has 0 radical (unpaired) electrons. The van der Waals surface area contributed by atoms with Crippen LogP contribution >= 0.6 is 0 Å². The lowest BCUT2D eigenvalue weighted by atomic mass is 10.1. The molecule has 5 nitrogen and oxygen atoms in total. The van der Waals surface area contributed by atoms with Gasteiger partial charge in [-0.05, 0) is 24.3 Å². The average molecular weight is 246 g/mol. The van der Waals surface area contributed by atoms with Crippen molar-refractivity contribution in [1.29, 1.82) is 0 Å². The normalized spacial score (nSPS) is 21.6. The van der Waals surface area contributed by atoms with Crippen molar-refractivity contribution in [3.8, 4) is 11.5 Å². The maximum Gasteiger partial charge on any atom is 0.349 e. The molecule has 1 aromatic carbocycles. The molecule has 0 saturated heterocycles. The molecule has 92 valence electrons. The van der Waals surface area contributed by atoms with E-state index in [0.717, 1.165) is 0 Å². The fourth-order valence-electron chi connectivity index (χ4n) is 1.88. The quantitative estimate of drug-likeness (QED) is 0.880. The summed E-state index contributed by atoms with van der Waals surface area (Å²) in [6, 6.07) is 10.3. The lowest BCUT2D eigenvalue weighted by molar-refractivity contribution is -0.152. The Hall–Kier alpha value is -2.43. The lowest BCUT2D eigenvalue weighted by Gasteiger charge is -2.30. The van der Waals surface area contributed by atoms with E-state index in [0.29, 0.717) is 17.3 Å². The van der Waals surface area contributed by atoms with Crippen LogP contribution in [0.3, 0.4) is 0 Å². The highest BCUT2D eigenvalue weighted by atomic mass is 16.6. The summed E-state index contributed by atoms with van der Waals surface area (Å²) in [7, 11) is 0. The third-order valence-electron chi connectivity index (χ3n) is 2.70.